The summed E-state index contributed by atoms with van der Waals surface area (Å²) in [6.45, 7) is 3.29. The van der Waals surface area contributed by atoms with Gasteiger partial charge < -0.3 is 10.2 Å². The van der Waals surface area contributed by atoms with Crippen molar-refractivity contribution in [1.29, 1.82) is 0 Å². The van der Waals surface area contributed by atoms with Crippen molar-refractivity contribution < 1.29 is 0 Å². The second kappa shape index (κ2) is 5.54. The van der Waals surface area contributed by atoms with Gasteiger partial charge in [0.1, 0.15) is 0 Å². The fourth-order valence-corrected chi connectivity index (χ4v) is 2.39. The first-order valence-corrected chi connectivity index (χ1v) is 6.70. The Morgan fingerprint density at radius 3 is 2.59 bits per heavy atom. The van der Waals surface area contributed by atoms with Crippen molar-refractivity contribution in [1.82, 2.24) is 4.90 Å². The highest BCUT2D eigenvalue weighted by Crippen LogP contribution is 2.36. The molecule has 1 fully saturated rings. The predicted molar refractivity (Wildman–Crippen MR) is 74.3 cm³/mol. The fraction of sp³-hybridized carbons (Fsp3) is 0.600. The minimum atomic E-state index is 0.665. The maximum absolute atomic E-state index is 3.74. The van der Waals surface area contributed by atoms with Crippen molar-refractivity contribution in [3.05, 3.63) is 29.8 Å². The van der Waals surface area contributed by atoms with Gasteiger partial charge in [0.2, 0.25) is 0 Å². The molecule has 0 amide bonds. The van der Waals surface area contributed by atoms with Crippen molar-refractivity contribution >= 4 is 5.69 Å². The van der Waals surface area contributed by atoms with Gasteiger partial charge in [0.15, 0.2) is 0 Å². The molecule has 2 heteroatoms. The average molecular weight is 232 g/mol. The van der Waals surface area contributed by atoms with E-state index in [1.807, 2.05) is 0 Å². The number of nitrogens with zero attached hydrogens (tertiary/aromatic N) is 1. The van der Waals surface area contributed by atoms with Crippen molar-refractivity contribution in [2.45, 2.75) is 38.8 Å². The normalized spacial score (nSPS) is 17.2. The molecule has 0 aliphatic heterocycles. The van der Waals surface area contributed by atoms with E-state index in [9.17, 15) is 0 Å². The van der Waals surface area contributed by atoms with Crippen LogP contribution in [0.2, 0.25) is 0 Å². The Labute approximate surface area is 105 Å². The van der Waals surface area contributed by atoms with Gasteiger partial charge in [-0.3, -0.25) is 0 Å². The Hall–Kier alpha value is -1.02. The summed E-state index contributed by atoms with van der Waals surface area (Å²) < 4.78 is 0. The molecule has 0 radical (unpaired) electrons. The molecule has 0 bridgehead atoms. The van der Waals surface area contributed by atoms with Crippen LogP contribution in [0, 0.1) is 5.92 Å². The first-order valence-electron chi connectivity index (χ1n) is 6.70. The highest BCUT2D eigenvalue weighted by atomic mass is 15.1. The molecule has 1 unspecified atom stereocenters. The maximum Gasteiger partial charge on any atom is 0.0388 e. The van der Waals surface area contributed by atoms with Crippen molar-refractivity contribution in [2.75, 3.05) is 19.4 Å². The molecule has 1 atom stereocenters. The minimum Gasteiger partial charge on any atom is -0.382 e. The van der Waals surface area contributed by atoms with Gasteiger partial charge in [-0.1, -0.05) is 25.1 Å². The first-order chi connectivity index (χ1) is 8.20. The van der Waals surface area contributed by atoms with Crippen LogP contribution in [-0.4, -0.2) is 25.0 Å². The first kappa shape index (κ1) is 12.4. The Bertz CT molecular complexity index is 356. The zero-order valence-corrected chi connectivity index (χ0v) is 11.2. The molecule has 0 aromatic heterocycles. The number of rotatable bonds is 6. The second-order valence-electron chi connectivity index (χ2n) is 5.39. The van der Waals surface area contributed by atoms with Crippen LogP contribution in [0.15, 0.2) is 24.3 Å². The summed E-state index contributed by atoms with van der Waals surface area (Å²) in [5, 5.41) is 3.74. The summed E-state index contributed by atoms with van der Waals surface area (Å²) in [5.74, 6) is 0.910. The molecule has 2 nitrogen and oxygen atoms in total. The van der Waals surface area contributed by atoms with Crippen LogP contribution in [0.5, 0.6) is 0 Å². The topological polar surface area (TPSA) is 15.3 Å². The molecule has 0 heterocycles. The third-order valence-corrected chi connectivity index (χ3v) is 3.48. The molecular weight excluding hydrogens is 208 g/mol. The van der Waals surface area contributed by atoms with Gasteiger partial charge in [0, 0.05) is 18.3 Å². The number of para-hydroxylation sites is 1. The molecule has 1 aliphatic carbocycles. The molecule has 0 spiro atoms. The van der Waals surface area contributed by atoms with E-state index in [0.29, 0.717) is 6.04 Å². The SMILES string of the molecule is CCC(Nc1ccccc1CN(C)C)C1CC1. The lowest BCUT2D eigenvalue weighted by atomic mass is 10.1. The van der Waals surface area contributed by atoms with Crippen molar-refractivity contribution in [3.8, 4) is 0 Å². The lowest BCUT2D eigenvalue weighted by Crippen LogP contribution is -2.22. The number of nitrogens with one attached hydrogen (secondary N) is 1. The van der Waals surface area contributed by atoms with Crippen LogP contribution in [0.1, 0.15) is 31.7 Å². The lowest BCUT2D eigenvalue weighted by molar-refractivity contribution is 0.403. The van der Waals surface area contributed by atoms with Gasteiger partial charge in [0.25, 0.3) is 0 Å². The van der Waals surface area contributed by atoms with Crippen molar-refractivity contribution in [2.24, 2.45) is 5.92 Å². The quantitative estimate of drug-likeness (QED) is 0.809. The Morgan fingerprint density at radius 2 is 2.00 bits per heavy atom. The highest BCUT2D eigenvalue weighted by molar-refractivity contribution is 5.52. The van der Waals surface area contributed by atoms with Crippen LogP contribution >= 0.6 is 0 Å². The molecular formula is C15H24N2. The number of hydrogen-bond donors (Lipinski definition) is 1. The maximum atomic E-state index is 3.74. The molecule has 1 aromatic carbocycles. The molecule has 17 heavy (non-hydrogen) atoms. The summed E-state index contributed by atoms with van der Waals surface area (Å²) in [6.07, 6.45) is 4.03. The molecule has 0 saturated heterocycles. The summed E-state index contributed by atoms with van der Waals surface area (Å²) in [7, 11) is 4.24. The molecule has 1 saturated carbocycles. The van der Waals surface area contributed by atoms with E-state index in [-0.39, 0.29) is 0 Å². The van der Waals surface area contributed by atoms with E-state index in [4.69, 9.17) is 0 Å². The Balaban J connectivity index is 2.07. The fourth-order valence-electron chi connectivity index (χ4n) is 2.39. The summed E-state index contributed by atoms with van der Waals surface area (Å²) >= 11 is 0. The predicted octanol–water partition coefficient (Wildman–Crippen LogP) is 3.35. The average Bonchev–Trinajstić information content (AvgIpc) is 3.11. The van der Waals surface area contributed by atoms with E-state index in [1.165, 1.54) is 30.5 Å². The standard InChI is InChI=1S/C15H24N2/c1-4-14(12-9-10-12)16-15-8-6-5-7-13(15)11-17(2)3/h5-8,12,14,16H,4,9-11H2,1-3H3. The van der Waals surface area contributed by atoms with Crippen LogP contribution in [0.3, 0.4) is 0 Å². The summed E-state index contributed by atoms with van der Waals surface area (Å²) in [5.41, 5.74) is 2.72. The third kappa shape index (κ3) is 3.47. The number of hydrogen-bond acceptors (Lipinski definition) is 2. The van der Waals surface area contributed by atoms with Gasteiger partial charge in [0.05, 0.1) is 0 Å². The van der Waals surface area contributed by atoms with Gasteiger partial charge >= 0.3 is 0 Å². The molecule has 1 aromatic rings. The molecule has 94 valence electrons. The number of benzene rings is 1. The number of anilines is 1. The largest absolute Gasteiger partial charge is 0.382 e. The monoisotopic (exact) mass is 232 g/mol. The molecule has 1 N–H and O–H groups in total. The van der Waals surface area contributed by atoms with Crippen LogP contribution in [0.25, 0.3) is 0 Å². The summed E-state index contributed by atoms with van der Waals surface area (Å²) in [4.78, 5) is 2.22. The third-order valence-electron chi connectivity index (χ3n) is 3.48. The van der Waals surface area contributed by atoms with E-state index >= 15 is 0 Å². The van der Waals surface area contributed by atoms with E-state index < -0.39 is 0 Å². The van der Waals surface area contributed by atoms with Crippen LogP contribution in [-0.2, 0) is 6.54 Å². The highest BCUT2D eigenvalue weighted by Gasteiger charge is 2.30. The second-order valence-corrected chi connectivity index (χ2v) is 5.39. The smallest absolute Gasteiger partial charge is 0.0388 e. The van der Waals surface area contributed by atoms with E-state index in [0.717, 1.165) is 12.5 Å². The van der Waals surface area contributed by atoms with Crippen LogP contribution < -0.4 is 5.32 Å². The molecule has 2 rings (SSSR count). The van der Waals surface area contributed by atoms with Gasteiger partial charge in [-0.25, -0.2) is 0 Å². The Kier molecular flexibility index (Phi) is 4.06. The lowest BCUT2D eigenvalue weighted by Gasteiger charge is -2.21. The van der Waals surface area contributed by atoms with Gasteiger partial charge in [-0.2, -0.15) is 0 Å². The van der Waals surface area contributed by atoms with Crippen molar-refractivity contribution in [3.63, 3.8) is 0 Å². The zero-order chi connectivity index (χ0) is 12.3. The van der Waals surface area contributed by atoms with E-state index in [2.05, 4.69) is 55.5 Å². The summed E-state index contributed by atoms with van der Waals surface area (Å²) in [6, 6.07) is 9.35. The van der Waals surface area contributed by atoms with E-state index in [1.54, 1.807) is 0 Å². The van der Waals surface area contributed by atoms with Crippen LogP contribution in [0.4, 0.5) is 5.69 Å². The molecule has 1 aliphatic rings. The Morgan fingerprint density at radius 1 is 1.29 bits per heavy atom. The van der Waals surface area contributed by atoms with Gasteiger partial charge in [-0.05, 0) is 50.9 Å². The minimum absolute atomic E-state index is 0.665. The zero-order valence-electron chi connectivity index (χ0n) is 11.2. The van der Waals surface area contributed by atoms with Gasteiger partial charge in [-0.15, -0.1) is 0 Å².